The molecule has 0 amide bonds. The molecule has 198 valence electrons. The van der Waals surface area contributed by atoms with Crippen molar-refractivity contribution in [2.45, 2.75) is 70.9 Å². The van der Waals surface area contributed by atoms with E-state index in [4.69, 9.17) is 9.72 Å². The Morgan fingerprint density at radius 1 is 1.28 bits per heavy atom. The Morgan fingerprint density at radius 3 is 2.67 bits per heavy atom. The van der Waals surface area contributed by atoms with Crippen LogP contribution >= 0.6 is 0 Å². The van der Waals surface area contributed by atoms with Crippen molar-refractivity contribution >= 4 is 19.6 Å². The van der Waals surface area contributed by atoms with Gasteiger partial charge in [-0.25, -0.2) is 4.68 Å². The predicted molar refractivity (Wildman–Crippen MR) is 143 cm³/mol. The smallest absolute Gasteiger partial charge is 0.307 e. The normalized spacial score (nSPS) is 17.4. The van der Waals surface area contributed by atoms with Crippen LogP contribution in [0.1, 0.15) is 49.2 Å². The van der Waals surface area contributed by atoms with E-state index in [1.165, 1.54) is 5.57 Å². The van der Waals surface area contributed by atoms with Crippen molar-refractivity contribution in [3.05, 3.63) is 41.5 Å². The number of carboxylic acid groups (broad SMARTS) is 1. The highest BCUT2D eigenvalue weighted by Crippen LogP contribution is 2.31. The van der Waals surface area contributed by atoms with E-state index in [0.717, 1.165) is 47.7 Å². The molecule has 3 heterocycles. The second-order valence-corrected chi connectivity index (χ2v) is 17.4. The van der Waals surface area contributed by atoms with Gasteiger partial charge in [-0.3, -0.25) is 9.78 Å². The van der Waals surface area contributed by atoms with Crippen molar-refractivity contribution in [2.75, 3.05) is 33.8 Å². The summed E-state index contributed by atoms with van der Waals surface area (Å²) in [7, 11) is 3.27. The molecule has 0 aliphatic carbocycles. The van der Waals surface area contributed by atoms with Gasteiger partial charge in [0.15, 0.2) is 5.82 Å². The number of likely N-dealkylation sites (N-methyl/N-ethyl adjacent to an activating group) is 1. The number of hydrogen-bond acceptors (Lipinski definition) is 6. The number of ether oxygens (including phenoxy) is 1. The number of tetrazole rings is 1. The molecule has 2 aromatic rings. The summed E-state index contributed by atoms with van der Waals surface area (Å²) < 4.78 is 8.46. The van der Waals surface area contributed by atoms with Crippen LogP contribution in [0.2, 0.25) is 25.7 Å². The highest BCUT2D eigenvalue weighted by molar-refractivity contribution is 6.76. The van der Waals surface area contributed by atoms with E-state index in [1.54, 1.807) is 4.68 Å². The number of aliphatic carboxylic acids is 1. The number of nitrogens with zero attached hydrogens (tertiary/aromatic N) is 6. The molecule has 0 aromatic carbocycles. The lowest BCUT2D eigenvalue weighted by Crippen LogP contribution is -2.43. The summed E-state index contributed by atoms with van der Waals surface area (Å²) in [6.07, 6.45) is 7.03. The molecule has 0 saturated carbocycles. The molecular weight excluding hydrogens is 472 g/mol. The van der Waals surface area contributed by atoms with Gasteiger partial charge in [-0.2, -0.15) is 0 Å². The number of quaternary nitrogens is 1. The predicted octanol–water partition coefficient (Wildman–Crippen LogP) is 4.07. The minimum absolute atomic E-state index is 0.223. The molecular formula is C26H43N6O3Si+. The number of carboxylic acids is 1. The molecule has 1 N–H and O–H groups in total. The van der Waals surface area contributed by atoms with E-state index >= 15 is 0 Å². The van der Waals surface area contributed by atoms with Gasteiger partial charge in [0, 0.05) is 38.8 Å². The number of rotatable bonds is 13. The molecule has 1 aliphatic rings. The minimum Gasteiger partial charge on any atom is -0.481 e. The van der Waals surface area contributed by atoms with Gasteiger partial charge in [-0.1, -0.05) is 45.1 Å². The lowest BCUT2D eigenvalue weighted by Gasteiger charge is -2.33. The number of hydrogen-bond donors (Lipinski definition) is 1. The van der Waals surface area contributed by atoms with Crippen molar-refractivity contribution in [2.24, 2.45) is 5.92 Å². The lowest BCUT2D eigenvalue weighted by atomic mass is 9.83. The van der Waals surface area contributed by atoms with E-state index in [1.807, 2.05) is 13.1 Å². The number of pyridine rings is 1. The van der Waals surface area contributed by atoms with Gasteiger partial charge in [0.05, 0.1) is 32.3 Å². The summed E-state index contributed by atoms with van der Waals surface area (Å²) in [5, 5.41) is 22.4. The van der Waals surface area contributed by atoms with Crippen LogP contribution in [0.4, 0.5) is 0 Å². The molecule has 2 atom stereocenters. The second-order valence-electron chi connectivity index (χ2n) is 11.8. The third-order valence-electron chi connectivity index (χ3n) is 6.84. The standard InChI is InChI=1S/C26H42N6O3Si/c1-7-9-22(26(33)34)23(25-28-29-30-31(25)19-35-14-15-36(4,5)6)16-20-11-12-24(27-17-20)21-10-8-13-32(2,3)18-21/h10-12,17,22-23H,7-9,13-16,18-19H2,1-6H3/p+1/t22-,23-/m0/s1. The molecule has 2 aromatic heterocycles. The zero-order valence-electron chi connectivity index (χ0n) is 22.8. The first kappa shape index (κ1) is 28.1. The van der Waals surface area contributed by atoms with Crippen molar-refractivity contribution < 1.29 is 19.1 Å². The fraction of sp³-hybridized carbons (Fsp3) is 0.654. The average Bonchev–Trinajstić information content (AvgIpc) is 3.26. The van der Waals surface area contributed by atoms with Crippen LogP contribution in [0.25, 0.3) is 5.57 Å². The first-order chi connectivity index (χ1) is 17.0. The van der Waals surface area contributed by atoms with Crippen LogP contribution in [0, 0.1) is 5.92 Å². The van der Waals surface area contributed by atoms with Crippen LogP contribution in [0.5, 0.6) is 0 Å². The van der Waals surface area contributed by atoms with Gasteiger partial charge in [0.1, 0.15) is 13.3 Å². The Kier molecular flexibility index (Phi) is 9.54. The Labute approximate surface area is 216 Å². The van der Waals surface area contributed by atoms with E-state index in [-0.39, 0.29) is 12.6 Å². The van der Waals surface area contributed by atoms with Crippen molar-refractivity contribution in [1.82, 2.24) is 25.2 Å². The first-order valence-electron chi connectivity index (χ1n) is 13.0. The maximum atomic E-state index is 12.3. The molecule has 1 aliphatic heterocycles. The molecule has 36 heavy (non-hydrogen) atoms. The first-order valence-corrected chi connectivity index (χ1v) is 16.7. The Morgan fingerprint density at radius 2 is 2.06 bits per heavy atom. The third kappa shape index (κ3) is 8.04. The maximum Gasteiger partial charge on any atom is 0.307 e. The largest absolute Gasteiger partial charge is 0.481 e. The average molecular weight is 516 g/mol. The van der Waals surface area contributed by atoms with Crippen LogP contribution in [0.3, 0.4) is 0 Å². The highest BCUT2D eigenvalue weighted by atomic mass is 28.3. The molecule has 0 radical (unpaired) electrons. The molecule has 0 bridgehead atoms. The summed E-state index contributed by atoms with van der Waals surface area (Å²) in [5.41, 5.74) is 3.23. The SMILES string of the molecule is CCC[C@H](C(=O)O)[C@H](Cc1ccc(C2=CCC[N+](C)(C)C2)nc1)c1nnnn1COCC[Si](C)(C)C. The third-order valence-corrected chi connectivity index (χ3v) is 8.54. The van der Waals surface area contributed by atoms with Gasteiger partial charge in [0.2, 0.25) is 0 Å². The zero-order chi connectivity index (χ0) is 26.3. The van der Waals surface area contributed by atoms with Crippen LogP contribution in [-0.4, -0.2) is 82.6 Å². The highest BCUT2D eigenvalue weighted by Gasteiger charge is 2.33. The molecule has 0 spiro atoms. The van der Waals surface area contributed by atoms with Crippen LogP contribution < -0.4 is 0 Å². The zero-order valence-corrected chi connectivity index (χ0v) is 23.8. The van der Waals surface area contributed by atoms with Gasteiger partial charge >= 0.3 is 5.97 Å². The second kappa shape index (κ2) is 12.2. The van der Waals surface area contributed by atoms with Gasteiger partial charge < -0.3 is 14.3 Å². The minimum atomic E-state index is -1.21. The van der Waals surface area contributed by atoms with Crippen molar-refractivity contribution in [3.8, 4) is 0 Å². The quantitative estimate of drug-likeness (QED) is 0.244. The molecule has 3 rings (SSSR count). The molecule has 0 saturated heterocycles. The fourth-order valence-corrected chi connectivity index (χ4v) is 5.44. The van der Waals surface area contributed by atoms with Crippen LogP contribution in [0.15, 0.2) is 24.4 Å². The molecule has 0 fully saturated rings. The van der Waals surface area contributed by atoms with E-state index < -0.39 is 20.0 Å². The maximum absolute atomic E-state index is 12.3. The molecule has 9 nitrogen and oxygen atoms in total. The van der Waals surface area contributed by atoms with Gasteiger partial charge in [0.25, 0.3) is 0 Å². The molecule has 0 unspecified atom stereocenters. The van der Waals surface area contributed by atoms with Crippen LogP contribution in [-0.2, 0) is 22.7 Å². The number of carbonyl (C=O) groups is 1. The topological polar surface area (TPSA) is 103 Å². The van der Waals surface area contributed by atoms with E-state index in [9.17, 15) is 9.90 Å². The summed E-state index contributed by atoms with van der Waals surface area (Å²) in [5.74, 6) is -1.24. The van der Waals surface area contributed by atoms with Gasteiger partial charge in [-0.05, 0) is 40.9 Å². The monoisotopic (exact) mass is 515 g/mol. The lowest BCUT2D eigenvalue weighted by molar-refractivity contribution is -0.883. The fourth-order valence-electron chi connectivity index (χ4n) is 4.69. The summed E-state index contributed by atoms with van der Waals surface area (Å²) in [6.45, 7) is 11.9. The van der Waals surface area contributed by atoms with E-state index in [0.29, 0.717) is 25.3 Å². The summed E-state index contributed by atoms with van der Waals surface area (Å²) in [6, 6.07) is 5.17. The Bertz CT molecular complexity index is 1030. The Hall–Kier alpha value is -2.43. The summed E-state index contributed by atoms with van der Waals surface area (Å²) in [4.78, 5) is 17.0. The van der Waals surface area contributed by atoms with Gasteiger partial charge in [-0.15, -0.1) is 5.10 Å². The Balaban J connectivity index is 1.80. The molecule has 10 heteroatoms. The summed E-state index contributed by atoms with van der Waals surface area (Å²) >= 11 is 0. The van der Waals surface area contributed by atoms with E-state index in [2.05, 4.69) is 67.5 Å². The van der Waals surface area contributed by atoms with Crippen molar-refractivity contribution in [3.63, 3.8) is 0 Å². The number of aromatic nitrogens is 5. The van der Waals surface area contributed by atoms with Crippen molar-refractivity contribution in [1.29, 1.82) is 0 Å².